The number of phenolic OH excluding ortho intramolecular Hbond substituents is 1. The van der Waals surface area contributed by atoms with E-state index in [1.807, 2.05) is 44.7 Å². The van der Waals surface area contributed by atoms with Crippen molar-refractivity contribution in [3.05, 3.63) is 82.3 Å². The molecule has 9 nitrogen and oxygen atoms in total. The normalized spacial score (nSPS) is 17.1. The number of phenols is 1. The minimum Gasteiger partial charge on any atom is -0.505 e. The zero-order valence-corrected chi connectivity index (χ0v) is 24.8. The summed E-state index contributed by atoms with van der Waals surface area (Å²) in [5, 5.41) is 10.9. The number of anilines is 1. The van der Waals surface area contributed by atoms with E-state index in [9.17, 15) is 14.7 Å². The summed E-state index contributed by atoms with van der Waals surface area (Å²) in [6, 6.07) is 8.20. The molecule has 1 saturated carbocycles. The number of rotatable bonds is 6. The highest BCUT2D eigenvalue weighted by Gasteiger charge is 2.33. The lowest BCUT2D eigenvalue weighted by Crippen LogP contribution is -2.54. The summed E-state index contributed by atoms with van der Waals surface area (Å²) in [4.78, 5) is 44.6. The maximum Gasteiger partial charge on any atom is 0.355 e. The number of carbonyl (C=O) groups excluding carboxylic acids is 1. The third-order valence-corrected chi connectivity index (χ3v) is 8.44. The number of hydrogen-bond acceptors (Lipinski definition) is 7. The topological polar surface area (TPSA) is 104 Å². The van der Waals surface area contributed by atoms with Crippen LogP contribution < -0.4 is 10.6 Å². The Morgan fingerprint density at radius 2 is 1.95 bits per heavy atom. The van der Waals surface area contributed by atoms with E-state index in [1.54, 1.807) is 23.2 Å². The summed E-state index contributed by atoms with van der Waals surface area (Å²) in [5.41, 5.74) is 3.41. The molecule has 10 heteroatoms. The first kappa shape index (κ1) is 28.5. The molecule has 1 aromatic carbocycles. The number of fused-ring (bicyclic) bond motifs is 1. The monoisotopic (exact) mass is 582 g/mol. The van der Waals surface area contributed by atoms with E-state index in [1.165, 1.54) is 16.7 Å². The fraction of sp³-hybridized carbons (Fsp3) is 0.364. The number of aromatic nitrogens is 4. The minimum atomic E-state index is -0.753. The van der Waals surface area contributed by atoms with Crippen molar-refractivity contribution in [2.75, 3.05) is 24.5 Å². The molecule has 1 aliphatic carbocycles. The van der Waals surface area contributed by atoms with E-state index in [4.69, 9.17) is 4.98 Å². The van der Waals surface area contributed by atoms with Gasteiger partial charge in [-0.3, -0.25) is 9.78 Å². The Balaban J connectivity index is 1.67. The Kier molecular flexibility index (Phi) is 7.23. The number of carbonyl (C=O) groups is 1. The molecule has 6 rings (SSSR count). The Hall–Kier alpha value is -4.60. The number of aryl methyl sites for hydroxylation is 1. The van der Waals surface area contributed by atoms with Gasteiger partial charge in [-0.15, -0.1) is 0 Å². The number of nitrogens with zero attached hydrogens (tertiary/aromatic N) is 6. The molecule has 1 saturated heterocycles. The Morgan fingerprint density at radius 1 is 1.19 bits per heavy atom. The van der Waals surface area contributed by atoms with Crippen LogP contribution in [0.25, 0.3) is 28.0 Å². The van der Waals surface area contributed by atoms with Gasteiger partial charge in [0.05, 0.1) is 22.5 Å². The van der Waals surface area contributed by atoms with Crippen molar-refractivity contribution >= 4 is 22.8 Å². The lowest BCUT2D eigenvalue weighted by molar-refractivity contribution is -0.126. The number of halogens is 1. The first-order valence-electron chi connectivity index (χ1n) is 14.7. The van der Waals surface area contributed by atoms with Gasteiger partial charge in [0, 0.05) is 37.4 Å². The summed E-state index contributed by atoms with van der Waals surface area (Å²) in [5.74, 6) is -0.687. The zero-order valence-electron chi connectivity index (χ0n) is 24.8. The summed E-state index contributed by atoms with van der Waals surface area (Å²) >= 11 is 0. The van der Waals surface area contributed by atoms with E-state index in [0.717, 1.165) is 29.7 Å². The second kappa shape index (κ2) is 10.9. The van der Waals surface area contributed by atoms with E-state index in [0.29, 0.717) is 47.9 Å². The maximum absolute atomic E-state index is 15.4. The second-order valence-electron chi connectivity index (χ2n) is 11.8. The molecular formula is C33H35FN6O3. The molecule has 0 bridgehead atoms. The molecule has 222 valence electrons. The lowest BCUT2D eigenvalue weighted by Gasteiger charge is -2.40. The second-order valence-corrected chi connectivity index (χ2v) is 11.8. The molecule has 1 amide bonds. The van der Waals surface area contributed by atoms with E-state index in [-0.39, 0.29) is 29.3 Å². The van der Waals surface area contributed by atoms with Gasteiger partial charge in [0.25, 0.3) is 0 Å². The van der Waals surface area contributed by atoms with Crippen LogP contribution >= 0.6 is 0 Å². The van der Waals surface area contributed by atoms with Crippen LogP contribution in [0.4, 0.5) is 10.2 Å². The predicted molar refractivity (Wildman–Crippen MR) is 164 cm³/mol. The number of pyridine rings is 2. The van der Waals surface area contributed by atoms with Crippen LogP contribution in [0.2, 0.25) is 0 Å². The van der Waals surface area contributed by atoms with Gasteiger partial charge in [0.2, 0.25) is 5.91 Å². The van der Waals surface area contributed by atoms with Gasteiger partial charge in [0.1, 0.15) is 5.82 Å². The molecule has 1 unspecified atom stereocenters. The maximum atomic E-state index is 15.4. The van der Waals surface area contributed by atoms with E-state index < -0.39 is 17.3 Å². The smallest absolute Gasteiger partial charge is 0.355 e. The molecule has 2 fully saturated rings. The molecule has 0 radical (unpaired) electrons. The molecule has 1 atom stereocenters. The van der Waals surface area contributed by atoms with Gasteiger partial charge in [-0.2, -0.15) is 4.98 Å². The molecular weight excluding hydrogens is 547 g/mol. The van der Waals surface area contributed by atoms with E-state index >= 15 is 4.39 Å². The molecule has 4 heterocycles. The van der Waals surface area contributed by atoms with Crippen molar-refractivity contribution in [1.82, 2.24) is 24.4 Å². The summed E-state index contributed by atoms with van der Waals surface area (Å²) in [6.07, 6.45) is 4.90. The summed E-state index contributed by atoms with van der Waals surface area (Å²) < 4.78 is 16.9. The number of aromatic hydroxyl groups is 1. The third kappa shape index (κ3) is 4.94. The van der Waals surface area contributed by atoms with Crippen molar-refractivity contribution < 1.29 is 14.3 Å². The highest BCUT2D eigenvalue weighted by Crippen LogP contribution is 2.46. The lowest BCUT2D eigenvalue weighted by atomic mass is 9.99. The SMILES string of the molecule is C=CC(=O)N1CCN(c2nc(=O)n(-c3c(C)ccnc3C(C)C)c3nc(-c4cccc(O)c4F)c(C4CC4)cc23)C(C)C1. The van der Waals surface area contributed by atoms with Crippen molar-refractivity contribution in [1.29, 1.82) is 0 Å². The molecule has 4 aromatic rings. The molecule has 3 aromatic heterocycles. The quantitative estimate of drug-likeness (QED) is 0.311. The fourth-order valence-electron chi connectivity index (χ4n) is 6.08. The van der Waals surface area contributed by atoms with Gasteiger partial charge in [-0.25, -0.2) is 18.7 Å². The van der Waals surface area contributed by atoms with Crippen LogP contribution in [0.3, 0.4) is 0 Å². The van der Waals surface area contributed by atoms with Crippen LogP contribution in [-0.2, 0) is 4.79 Å². The average molecular weight is 583 g/mol. The molecule has 43 heavy (non-hydrogen) atoms. The van der Waals surface area contributed by atoms with Crippen LogP contribution in [0.1, 0.15) is 62.3 Å². The van der Waals surface area contributed by atoms with Crippen LogP contribution in [0.5, 0.6) is 5.75 Å². The number of hydrogen-bond donors (Lipinski definition) is 1. The largest absolute Gasteiger partial charge is 0.505 e. The highest BCUT2D eigenvalue weighted by atomic mass is 19.1. The van der Waals surface area contributed by atoms with Gasteiger partial charge in [-0.05, 0) is 80.0 Å². The van der Waals surface area contributed by atoms with Crippen molar-refractivity contribution in [2.45, 2.75) is 58.4 Å². The van der Waals surface area contributed by atoms with Crippen LogP contribution in [0.15, 0.2) is 54.0 Å². The first-order valence-corrected chi connectivity index (χ1v) is 14.7. The molecule has 1 N–H and O–H groups in total. The van der Waals surface area contributed by atoms with Gasteiger partial charge >= 0.3 is 5.69 Å². The third-order valence-electron chi connectivity index (χ3n) is 8.44. The summed E-state index contributed by atoms with van der Waals surface area (Å²) in [6.45, 7) is 12.9. The Morgan fingerprint density at radius 3 is 2.63 bits per heavy atom. The van der Waals surface area contributed by atoms with Crippen molar-refractivity contribution in [3.8, 4) is 22.7 Å². The number of amides is 1. The predicted octanol–water partition coefficient (Wildman–Crippen LogP) is 5.22. The van der Waals surface area contributed by atoms with E-state index in [2.05, 4.69) is 16.5 Å². The first-order chi connectivity index (χ1) is 20.6. The minimum absolute atomic E-state index is 0.000691. The standard InChI is InChI=1S/C33H35FN6O3/c1-6-26(42)38-14-15-39(20(5)17-38)31-24-16-23(21-10-11-21)29(22-8-7-9-25(41)27(22)34)36-32(24)40(33(43)37-31)30-19(4)12-13-35-28(30)18(2)3/h6-9,12-13,16,18,20-21,41H,1,10-11,14-15,17H2,2-5H3. The van der Waals surface area contributed by atoms with Gasteiger partial charge < -0.3 is 14.9 Å². The average Bonchev–Trinajstić information content (AvgIpc) is 3.83. The number of benzene rings is 1. The highest BCUT2D eigenvalue weighted by molar-refractivity contribution is 5.92. The van der Waals surface area contributed by atoms with Crippen molar-refractivity contribution in [3.63, 3.8) is 0 Å². The summed E-state index contributed by atoms with van der Waals surface area (Å²) in [7, 11) is 0. The van der Waals surface area contributed by atoms with Gasteiger partial charge in [0.15, 0.2) is 17.2 Å². The molecule has 0 spiro atoms. The van der Waals surface area contributed by atoms with Crippen LogP contribution in [-0.4, -0.2) is 61.1 Å². The molecule has 2 aliphatic rings. The fourth-order valence-corrected chi connectivity index (χ4v) is 6.08. The molecule has 1 aliphatic heterocycles. The van der Waals surface area contributed by atoms with Gasteiger partial charge in [-0.1, -0.05) is 26.5 Å². The van der Waals surface area contributed by atoms with Crippen molar-refractivity contribution in [2.24, 2.45) is 0 Å². The Labute approximate surface area is 249 Å². The van der Waals surface area contributed by atoms with Crippen LogP contribution in [0, 0.1) is 12.7 Å². The Bertz CT molecular complexity index is 1830. The zero-order chi connectivity index (χ0) is 30.6. The number of piperazine rings is 1.